The van der Waals surface area contributed by atoms with Crippen molar-refractivity contribution in [3.8, 4) is 0 Å². The molecule has 4 rings (SSSR count). The van der Waals surface area contributed by atoms with Crippen LogP contribution in [0.5, 0.6) is 0 Å². The summed E-state index contributed by atoms with van der Waals surface area (Å²) in [5.41, 5.74) is 4.63. The highest BCUT2D eigenvalue weighted by Gasteiger charge is 2.29. The maximum atomic E-state index is 12.2. The van der Waals surface area contributed by atoms with Gasteiger partial charge in [-0.05, 0) is 37.3 Å². The third kappa shape index (κ3) is 3.40. The Kier molecular flexibility index (Phi) is 4.57. The summed E-state index contributed by atoms with van der Waals surface area (Å²) in [4.78, 5) is 19.3. The number of likely N-dealkylation sites (tertiary alicyclic amines) is 1. The van der Waals surface area contributed by atoms with Gasteiger partial charge in [-0.1, -0.05) is 59.3 Å². The number of hydrogen-bond acceptors (Lipinski definition) is 4. The van der Waals surface area contributed by atoms with Crippen LogP contribution >= 0.6 is 0 Å². The molecule has 0 amide bonds. The van der Waals surface area contributed by atoms with Crippen LogP contribution in [0.4, 0.5) is 0 Å². The molecule has 2 aliphatic rings. The molecule has 0 unspecified atom stereocenters. The number of nitrogens with zero attached hydrogens (tertiary/aromatic N) is 2. The van der Waals surface area contributed by atoms with Gasteiger partial charge in [-0.15, -0.1) is 0 Å². The maximum absolute atomic E-state index is 12.2. The fraction of sp³-hybridized carbons (Fsp3) is 0.273. The van der Waals surface area contributed by atoms with Crippen LogP contribution in [0.2, 0.25) is 0 Å². The van der Waals surface area contributed by atoms with Crippen molar-refractivity contribution in [3.05, 3.63) is 83.1 Å². The molecule has 0 atom stereocenters. The molecule has 1 saturated heterocycles. The molecule has 0 N–H and O–H groups in total. The zero-order valence-electron chi connectivity index (χ0n) is 14.9. The molecule has 2 heterocycles. The number of oxime groups is 1. The molecule has 0 saturated carbocycles. The van der Waals surface area contributed by atoms with Gasteiger partial charge >= 0.3 is 5.97 Å². The molecule has 1 fully saturated rings. The molecular formula is C22H22N2O2. The summed E-state index contributed by atoms with van der Waals surface area (Å²) >= 11 is 0. The quantitative estimate of drug-likeness (QED) is 0.623. The van der Waals surface area contributed by atoms with Crippen LogP contribution in [0.25, 0.3) is 0 Å². The molecule has 0 bridgehead atoms. The SMILES string of the molecule is Cc1cccc(C2=NOC(=O)C2=CN2CCC(c3ccccc3)CC2)c1. The van der Waals surface area contributed by atoms with Gasteiger partial charge in [0.15, 0.2) is 0 Å². The maximum Gasteiger partial charge on any atom is 0.369 e. The minimum absolute atomic E-state index is 0.369. The highest BCUT2D eigenvalue weighted by atomic mass is 16.7. The van der Waals surface area contributed by atoms with Gasteiger partial charge in [0.05, 0.1) is 0 Å². The first kappa shape index (κ1) is 16.6. The second-order valence-corrected chi connectivity index (χ2v) is 6.95. The number of carbonyl (C=O) groups is 1. The average molecular weight is 346 g/mol. The van der Waals surface area contributed by atoms with Crippen LogP contribution in [0.1, 0.15) is 35.4 Å². The van der Waals surface area contributed by atoms with Gasteiger partial charge in [-0.25, -0.2) is 4.79 Å². The summed E-state index contributed by atoms with van der Waals surface area (Å²) in [7, 11) is 0. The van der Waals surface area contributed by atoms with E-state index < -0.39 is 0 Å². The second kappa shape index (κ2) is 7.16. The van der Waals surface area contributed by atoms with E-state index in [0.29, 0.717) is 17.2 Å². The first-order valence-corrected chi connectivity index (χ1v) is 9.08. The number of aryl methyl sites for hydroxylation is 1. The number of benzene rings is 2. The third-order valence-corrected chi connectivity index (χ3v) is 5.10. The molecule has 132 valence electrons. The molecule has 4 heteroatoms. The lowest BCUT2D eigenvalue weighted by molar-refractivity contribution is -0.136. The van der Waals surface area contributed by atoms with Gasteiger partial charge in [0.25, 0.3) is 0 Å². The lowest BCUT2D eigenvalue weighted by Crippen LogP contribution is -2.30. The van der Waals surface area contributed by atoms with Crippen LogP contribution in [-0.2, 0) is 9.63 Å². The van der Waals surface area contributed by atoms with Crippen molar-refractivity contribution in [2.24, 2.45) is 5.16 Å². The van der Waals surface area contributed by atoms with E-state index >= 15 is 0 Å². The van der Waals surface area contributed by atoms with Crippen molar-refractivity contribution in [2.45, 2.75) is 25.7 Å². The van der Waals surface area contributed by atoms with E-state index in [0.717, 1.165) is 37.1 Å². The van der Waals surface area contributed by atoms with Gasteiger partial charge in [-0.3, -0.25) is 0 Å². The van der Waals surface area contributed by atoms with Gasteiger partial charge in [0, 0.05) is 24.9 Å². The van der Waals surface area contributed by atoms with E-state index in [9.17, 15) is 4.79 Å². The molecule has 2 aromatic rings. The lowest BCUT2D eigenvalue weighted by atomic mass is 9.89. The first-order valence-electron chi connectivity index (χ1n) is 9.08. The van der Waals surface area contributed by atoms with Crippen molar-refractivity contribution in [1.29, 1.82) is 0 Å². The smallest absolute Gasteiger partial charge is 0.369 e. The zero-order chi connectivity index (χ0) is 17.9. The molecule has 2 aromatic carbocycles. The Labute approximate surface area is 153 Å². The third-order valence-electron chi connectivity index (χ3n) is 5.10. The predicted molar refractivity (Wildman–Crippen MR) is 102 cm³/mol. The first-order chi connectivity index (χ1) is 12.7. The summed E-state index contributed by atoms with van der Waals surface area (Å²) in [6.45, 7) is 3.88. The number of piperidine rings is 1. The van der Waals surface area contributed by atoms with E-state index in [-0.39, 0.29) is 5.97 Å². The molecule has 0 aromatic heterocycles. The van der Waals surface area contributed by atoms with E-state index in [4.69, 9.17) is 4.84 Å². The lowest BCUT2D eigenvalue weighted by Gasteiger charge is -2.31. The van der Waals surface area contributed by atoms with Gasteiger partial charge in [-0.2, -0.15) is 0 Å². The van der Waals surface area contributed by atoms with Crippen molar-refractivity contribution in [1.82, 2.24) is 4.90 Å². The van der Waals surface area contributed by atoms with Crippen LogP contribution < -0.4 is 0 Å². The fourth-order valence-corrected chi connectivity index (χ4v) is 3.67. The molecule has 26 heavy (non-hydrogen) atoms. The Bertz CT molecular complexity index is 863. The average Bonchev–Trinajstić information content (AvgIpc) is 3.04. The zero-order valence-corrected chi connectivity index (χ0v) is 14.9. The molecule has 0 radical (unpaired) electrons. The number of rotatable bonds is 3. The molecule has 0 spiro atoms. The topological polar surface area (TPSA) is 41.9 Å². The Morgan fingerprint density at radius 1 is 1.08 bits per heavy atom. The highest BCUT2D eigenvalue weighted by molar-refractivity contribution is 6.28. The van der Waals surface area contributed by atoms with Crippen LogP contribution in [-0.4, -0.2) is 29.7 Å². The van der Waals surface area contributed by atoms with E-state index in [1.165, 1.54) is 5.56 Å². The van der Waals surface area contributed by atoms with Crippen molar-refractivity contribution in [2.75, 3.05) is 13.1 Å². The summed E-state index contributed by atoms with van der Waals surface area (Å²) in [6, 6.07) is 18.6. The standard InChI is InChI=1S/C22H22N2O2/c1-16-6-5-9-19(14-16)21-20(22(25)26-23-21)15-24-12-10-18(11-13-24)17-7-3-2-4-8-17/h2-9,14-15,18H,10-13H2,1H3. The monoisotopic (exact) mass is 346 g/mol. The fourth-order valence-electron chi connectivity index (χ4n) is 3.67. The highest BCUT2D eigenvalue weighted by Crippen LogP contribution is 2.29. The van der Waals surface area contributed by atoms with Gasteiger partial charge in [0.1, 0.15) is 11.3 Å². The molecule has 4 nitrogen and oxygen atoms in total. The summed E-state index contributed by atoms with van der Waals surface area (Å²) < 4.78 is 0. The predicted octanol–water partition coefficient (Wildman–Crippen LogP) is 4.02. The Morgan fingerprint density at radius 2 is 1.85 bits per heavy atom. The van der Waals surface area contributed by atoms with Crippen molar-refractivity contribution < 1.29 is 9.63 Å². The van der Waals surface area contributed by atoms with E-state index in [1.54, 1.807) is 0 Å². The molecule has 2 aliphatic heterocycles. The number of hydrogen-bond donors (Lipinski definition) is 0. The van der Waals surface area contributed by atoms with E-state index in [2.05, 4.69) is 40.4 Å². The van der Waals surface area contributed by atoms with Gasteiger partial charge in [0.2, 0.25) is 0 Å². The molecule has 0 aliphatic carbocycles. The van der Waals surface area contributed by atoms with E-state index in [1.807, 2.05) is 37.4 Å². The van der Waals surface area contributed by atoms with Crippen molar-refractivity contribution >= 4 is 11.7 Å². The Balaban J connectivity index is 1.49. The van der Waals surface area contributed by atoms with Crippen molar-refractivity contribution in [3.63, 3.8) is 0 Å². The Morgan fingerprint density at radius 3 is 2.58 bits per heavy atom. The summed E-state index contributed by atoms with van der Waals surface area (Å²) in [6.07, 6.45) is 4.09. The normalized spacial score (nSPS) is 19.6. The Hall–Kier alpha value is -2.88. The summed E-state index contributed by atoms with van der Waals surface area (Å²) in [5.74, 6) is 0.220. The van der Waals surface area contributed by atoms with Crippen LogP contribution in [0.15, 0.2) is 71.5 Å². The number of carbonyl (C=O) groups excluding carboxylic acids is 1. The van der Waals surface area contributed by atoms with Crippen LogP contribution in [0.3, 0.4) is 0 Å². The second-order valence-electron chi connectivity index (χ2n) is 6.95. The molecular weight excluding hydrogens is 324 g/mol. The van der Waals surface area contributed by atoms with Crippen LogP contribution in [0, 0.1) is 6.92 Å². The minimum atomic E-state index is -0.369. The van der Waals surface area contributed by atoms with Gasteiger partial charge < -0.3 is 9.74 Å². The largest absolute Gasteiger partial charge is 0.377 e. The minimum Gasteiger partial charge on any atom is -0.377 e. The summed E-state index contributed by atoms with van der Waals surface area (Å²) in [5, 5.41) is 4.01.